The van der Waals surface area contributed by atoms with Crippen LogP contribution in [0.1, 0.15) is 22.8 Å². The van der Waals surface area contributed by atoms with Crippen molar-refractivity contribution in [3.63, 3.8) is 0 Å². The van der Waals surface area contributed by atoms with Crippen molar-refractivity contribution in [2.45, 2.75) is 11.8 Å². The molecule has 0 heterocycles. The number of amides is 1. The molecule has 9 heteroatoms. The van der Waals surface area contributed by atoms with E-state index in [1.807, 2.05) is 30.3 Å². The lowest BCUT2D eigenvalue weighted by molar-refractivity contribution is 0.0939. The normalized spacial score (nSPS) is 11.4. The number of rotatable bonds is 9. The summed E-state index contributed by atoms with van der Waals surface area (Å²) in [6.45, 7) is 1.79. The van der Waals surface area contributed by atoms with Gasteiger partial charge in [-0.05, 0) is 61.0 Å². The molecule has 8 nitrogen and oxygen atoms in total. The average molecular weight is 468 g/mol. The third-order valence-electron chi connectivity index (χ3n) is 4.63. The summed E-state index contributed by atoms with van der Waals surface area (Å²) in [4.78, 5) is 12.5. The van der Waals surface area contributed by atoms with Crippen LogP contribution in [0.5, 0.6) is 11.5 Å². The highest BCUT2D eigenvalue weighted by atomic mass is 32.2. The van der Waals surface area contributed by atoms with Gasteiger partial charge in [-0.3, -0.25) is 14.9 Å². The van der Waals surface area contributed by atoms with Crippen LogP contribution in [0.25, 0.3) is 6.08 Å². The zero-order valence-electron chi connectivity index (χ0n) is 18.5. The molecule has 3 aromatic rings. The molecule has 0 atom stereocenters. The molecule has 0 aromatic heterocycles. The molecule has 3 rings (SSSR count). The second-order valence-corrected chi connectivity index (χ2v) is 8.70. The number of hydrogen-bond donors (Lipinski definition) is 3. The number of hydrazine groups is 1. The van der Waals surface area contributed by atoms with Crippen LogP contribution in [0.4, 0.5) is 5.69 Å². The number of carbonyl (C=O) groups is 1. The van der Waals surface area contributed by atoms with Crippen LogP contribution in [0.15, 0.2) is 83.4 Å². The van der Waals surface area contributed by atoms with Gasteiger partial charge < -0.3 is 14.9 Å². The van der Waals surface area contributed by atoms with E-state index in [4.69, 9.17) is 9.47 Å². The fraction of sp³-hybridized carbons (Fsp3) is 0.125. The second kappa shape index (κ2) is 10.6. The Labute approximate surface area is 193 Å². The first kappa shape index (κ1) is 23.7. The Kier molecular flexibility index (Phi) is 7.57. The van der Waals surface area contributed by atoms with E-state index in [2.05, 4.69) is 15.6 Å². The van der Waals surface area contributed by atoms with E-state index in [0.717, 1.165) is 11.3 Å². The Hall–Kier alpha value is -3.98. The van der Waals surface area contributed by atoms with Crippen LogP contribution in [0.2, 0.25) is 0 Å². The van der Waals surface area contributed by atoms with Crippen molar-refractivity contribution in [2.24, 2.45) is 0 Å². The molecule has 0 saturated heterocycles. The molecule has 0 radical (unpaired) electrons. The smallest absolute Gasteiger partial charge is 0.269 e. The number of ether oxygens (including phenoxy) is 2. The Bertz CT molecular complexity index is 1260. The Morgan fingerprint density at radius 3 is 2.30 bits per heavy atom. The molecule has 0 spiro atoms. The van der Waals surface area contributed by atoms with Gasteiger partial charge in [-0.2, -0.15) is 0 Å². The monoisotopic (exact) mass is 467 g/mol. The second-order valence-electron chi connectivity index (χ2n) is 7.01. The van der Waals surface area contributed by atoms with Crippen molar-refractivity contribution in [1.29, 1.82) is 0 Å². The molecule has 1 amide bonds. The van der Waals surface area contributed by atoms with Crippen molar-refractivity contribution < 1.29 is 22.7 Å². The first-order valence-electron chi connectivity index (χ1n) is 9.97. The molecule has 0 bridgehead atoms. The number of methoxy groups -OCH3 is 2. The minimum Gasteiger partial charge on any atom is -0.497 e. The van der Waals surface area contributed by atoms with Crippen molar-refractivity contribution in [3.05, 3.63) is 89.6 Å². The summed E-state index contributed by atoms with van der Waals surface area (Å²) in [5.41, 5.74) is 7.49. The fourth-order valence-corrected chi connectivity index (χ4v) is 4.07. The van der Waals surface area contributed by atoms with Gasteiger partial charge in [0.25, 0.3) is 15.9 Å². The summed E-state index contributed by atoms with van der Waals surface area (Å²) < 4.78 is 38.5. The lowest BCUT2D eigenvalue weighted by atomic mass is 10.2. The quantitative estimate of drug-likeness (QED) is 0.414. The van der Waals surface area contributed by atoms with Gasteiger partial charge in [0.05, 0.1) is 24.8 Å². The summed E-state index contributed by atoms with van der Waals surface area (Å²) in [5.74, 6) is 0.659. The van der Waals surface area contributed by atoms with Crippen LogP contribution in [0.3, 0.4) is 0 Å². The highest BCUT2D eigenvalue weighted by Crippen LogP contribution is 2.26. The van der Waals surface area contributed by atoms with Crippen LogP contribution in [-0.2, 0) is 10.0 Å². The van der Waals surface area contributed by atoms with Crippen LogP contribution >= 0.6 is 0 Å². The average Bonchev–Trinajstić information content (AvgIpc) is 2.83. The zero-order chi connectivity index (χ0) is 23.8. The van der Waals surface area contributed by atoms with Gasteiger partial charge in [0.2, 0.25) is 0 Å². The molecule has 0 fully saturated rings. The molecule has 33 heavy (non-hydrogen) atoms. The SMILES string of the molecule is COc1ccc(C=C(C)NNC(=O)c2cccc(S(=O)(=O)Nc3ccccc3OC)c2)cc1. The molecule has 3 N–H and O–H groups in total. The van der Waals surface area contributed by atoms with E-state index in [1.165, 1.54) is 31.4 Å². The predicted octanol–water partition coefficient (Wildman–Crippen LogP) is 3.80. The largest absolute Gasteiger partial charge is 0.497 e. The zero-order valence-corrected chi connectivity index (χ0v) is 19.3. The highest BCUT2D eigenvalue weighted by Gasteiger charge is 2.18. The number of anilines is 1. The Morgan fingerprint density at radius 1 is 0.879 bits per heavy atom. The first-order valence-corrected chi connectivity index (χ1v) is 11.5. The van der Waals surface area contributed by atoms with Crippen LogP contribution in [-0.4, -0.2) is 28.5 Å². The molecule has 3 aromatic carbocycles. The predicted molar refractivity (Wildman–Crippen MR) is 127 cm³/mol. The minimum atomic E-state index is -3.93. The molecule has 0 saturated carbocycles. The highest BCUT2D eigenvalue weighted by molar-refractivity contribution is 7.92. The van der Waals surface area contributed by atoms with Gasteiger partial charge in [0.1, 0.15) is 11.5 Å². The summed E-state index contributed by atoms with van der Waals surface area (Å²) >= 11 is 0. The van der Waals surface area contributed by atoms with Crippen LogP contribution in [0, 0.1) is 0 Å². The molecule has 0 aliphatic rings. The third kappa shape index (κ3) is 6.27. The van der Waals surface area contributed by atoms with Gasteiger partial charge in [-0.25, -0.2) is 8.42 Å². The van der Waals surface area contributed by atoms with Gasteiger partial charge in [0.15, 0.2) is 0 Å². The van der Waals surface area contributed by atoms with E-state index in [-0.39, 0.29) is 10.5 Å². The maximum atomic E-state index is 12.8. The fourth-order valence-electron chi connectivity index (χ4n) is 2.95. The first-order chi connectivity index (χ1) is 15.8. The number of sulfonamides is 1. The summed E-state index contributed by atoms with van der Waals surface area (Å²) in [5, 5.41) is 0. The van der Waals surface area contributed by atoms with Crippen LogP contribution < -0.4 is 25.0 Å². The van der Waals surface area contributed by atoms with Gasteiger partial charge in [0, 0.05) is 11.3 Å². The number of carbonyl (C=O) groups excluding carboxylic acids is 1. The van der Waals surface area contributed by atoms with Gasteiger partial charge in [-0.15, -0.1) is 0 Å². The number of hydrogen-bond acceptors (Lipinski definition) is 6. The van der Waals surface area contributed by atoms with E-state index in [1.54, 1.807) is 38.3 Å². The van der Waals surface area contributed by atoms with Gasteiger partial charge >= 0.3 is 0 Å². The number of para-hydroxylation sites is 2. The number of benzene rings is 3. The lowest BCUT2D eigenvalue weighted by Crippen LogP contribution is -2.36. The molecule has 0 unspecified atom stereocenters. The van der Waals surface area contributed by atoms with E-state index < -0.39 is 15.9 Å². The van der Waals surface area contributed by atoms with Crippen molar-refractivity contribution in [1.82, 2.24) is 10.9 Å². The summed E-state index contributed by atoms with van der Waals surface area (Å²) in [6, 6.07) is 19.9. The maximum absolute atomic E-state index is 12.8. The van der Waals surface area contributed by atoms with Gasteiger partial charge in [-0.1, -0.05) is 30.3 Å². The number of allylic oxidation sites excluding steroid dienone is 1. The topological polar surface area (TPSA) is 106 Å². The van der Waals surface area contributed by atoms with Crippen molar-refractivity contribution in [2.75, 3.05) is 18.9 Å². The van der Waals surface area contributed by atoms with Crippen molar-refractivity contribution in [3.8, 4) is 11.5 Å². The minimum absolute atomic E-state index is 0.0495. The molecular weight excluding hydrogens is 442 g/mol. The third-order valence-corrected chi connectivity index (χ3v) is 5.99. The summed E-state index contributed by atoms with van der Waals surface area (Å²) in [7, 11) is -0.878. The molecule has 0 aliphatic carbocycles. The van der Waals surface area contributed by atoms with E-state index >= 15 is 0 Å². The Morgan fingerprint density at radius 2 is 1.61 bits per heavy atom. The van der Waals surface area contributed by atoms with E-state index in [0.29, 0.717) is 17.1 Å². The Balaban J connectivity index is 1.69. The standard InChI is InChI=1S/C24H25N3O5S/c1-17(15-18-11-13-20(31-2)14-12-18)25-26-24(28)19-7-6-8-21(16-19)33(29,30)27-22-9-4-5-10-23(22)32-3/h4-16,25,27H,1-3H3,(H,26,28). The van der Waals surface area contributed by atoms with Crippen molar-refractivity contribution >= 4 is 27.7 Å². The molecule has 172 valence electrons. The molecular formula is C24H25N3O5S. The van der Waals surface area contributed by atoms with E-state index in [9.17, 15) is 13.2 Å². The molecule has 0 aliphatic heterocycles. The lowest BCUT2D eigenvalue weighted by Gasteiger charge is -2.13. The maximum Gasteiger partial charge on any atom is 0.269 e. The summed E-state index contributed by atoms with van der Waals surface area (Å²) in [6.07, 6.45) is 1.85. The number of nitrogens with one attached hydrogen (secondary N) is 3.